The van der Waals surface area contributed by atoms with Gasteiger partial charge in [0.2, 0.25) is 5.91 Å². The maximum Gasteiger partial charge on any atom is 0.222 e. The summed E-state index contributed by atoms with van der Waals surface area (Å²) in [5.74, 6) is 2.84. The molecule has 0 radical (unpaired) electrons. The molecular formula is C21H32N4O3. The third-order valence-electron chi connectivity index (χ3n) is 5.12. The van der Waals surface area contributed by atoms with Crippen molar-refractivity contribution in [2.24, 2.45) is 4.99 Å². The van der Waals surface area contributed by atoms with Gasteiger partial charge in [-0.25, -0.2) is 4.99 Å². The van der Waals surface area contributed by atoms with Crippen LogP contribution in [-0.2, 0) is 17.8 Å². The molecule has 154 valence electrons. The number of fused-ring (bicyclic) bond motifs is 1. The second kappa shape index (κ2) is 9.66. The van der Waals surface area contributed by atoms with Crippen molar-refractivity contribution in [3.63, 3.8) is 0 Å². The molecule has 1 atom stereocenters. The third-order valence-corrected chi connectivity index (χ3v) is 5.12. The fourth-order valence-corrected chi connectivity index (χ4v) is 3.72. The number of aliphatic imine (C=N–C) groups is 1. The van der Waals surface area contributed by atoms with Crippen molar-refractivity contribution >= 4 is 11.9 Å². The van der Waals surface area contributed by atoms with E-state index >= 15 is 0 Å². The molecular weight excluding hydrogens is 356 g/mol. The zero-order valence-electron chi connectivity index (χ0n) is 17.2. The molecule has 0 aromatic heterocycles. The van der Waals surface area contributed by atoms with Gasteiger partial charge in [-0.15, -0.1) is 0 Å². The summed E-state index contributed by atoms with van der Waals surface area (Å²) in [5, 5.41) is 6.63. The standard InChI is InChI=1S/C21H32N4O3/c1-4-22-21(23-8-6-10-25-9-5-7-20(25)26)24-14-17-13-19-16(11-15(2)28-19)12-18(17)27-3/h12-13,15H,4-11,14H2,1-3H3,(H2,22,23,24). The Hall–Kier alpha value is -2.44. The number of benzene rings is 1. The van der Waals surface area contributed by atoms with Gasteiger partial charge in [-0.1, -0.05) is 0 Å². The van der Waals surface area contributed by atoms with Crippen molar-refractivity contribution in [1.29, 1.82) is 0 Å². The van der Waals surface area contributed by atoms with E-state index in [-0.39, 0.29) is 12.0 Å². The summed E-state index contributed by atoms with van der Waals surface area (Å²) in [6.07, 6.45) is 3.72. The lowest BCUT2D eigenvalue weighted by Crippen LogP contribution is -2.39. The van der Waals surface area contributed by atoms with Crippen LogP contribution in [0, 0.1) is 0 Å². The van der Waals surface area contributed by atoms with Gasteiger partial charge in [-0.3, -0.25) is 4.79 Å². The van der Waals surface area contributed by atoms with Crippen molar-refractivity contribution in [3.8, 4) is 11.5 Å². The number of ether oxygens (including phenoxy) is 2. The van der Waals surface area contributed by atoms with Crippen LogP contribution in [0.2, 0.25) is 0 Å². The molecule has 7 nitrogen and oxygen atoms in total. The van der Waals surface area contributed by atoms with Gasteiger partial charge in [-0.05, 0) is 38.8 Å². The number of hydrogen-bond donors (Lipinski definition) is 2. The Balaban J connectivity index is 1.56. The van der Waals surface area contributed by atoms with Crippen molar-refractivity contribution in [1.82, 2.24) is 15.5 Å². The lowest BCUT2D eigenvalue weighted by molar-refractivity contribution is -0.127. The Morgan fingerprint density at radius 3 is 2.96 bits per heavy atom. The average molecular weight is 389 g/mol. The van der Waals surface area contributed by atoms with Gasteiger partial charge in [0.15, 0.2) is 5.96 Å². The minimum Gasteiger partial charge on any atom is -0.496 e. The van der Waals surface area contributed by atoms with Crippen molar-refractivity contribution in [3.05, 3.63) is 23.3 Å². The monoisotopic (exact) mass is 388 g/mol. The normalized spacial score (nSPS) is 18.8. The summed E-state index contributed by atoms with van der Waals surface area (Å²) in [4.78, 5) is 18.3. The molecule has 2 heterocycles. The number of rotatable bonds is 8. The summed E-state index contributed by atoms with van der Waals surface area (Å²) >= 11 is 0. The van der Waals surface area contributed by atoms with Crippen LogP contribution >= 0.6 is 0 Å². The highest BCUT2D eigenvalue weighted by Crippen LogP contribution is 2.35. The van der Waals surface area contributed by atoms with E-state index in [0.29, 0.717) is 13.0 Å². The number of likely N-dealkylation sites (tertiary alicyclic amines) is 1. The SMILES string of the molecule is CCNC(=NCc1cc2c(cc1OC)CC(C)O2)NCCCN1CCCC1=O. The number of carbonyl (C=O) groups is 1. The van der Waals surface area contributed by atoms with Crippen LogP contribution in [0.4, 0.5) is 0 Å². The number of carbonyl (C=O) groups excluding carboxylic acids is 1. The average Bonchev–Trinajstić information content (AvgIpc) is 3.25. The minimum absolute atomic E-state index is 0.208. The molecule has 1 saturated heterocycles. The predicted octanol–water partition coefficient (Wildman–Crippen LogP) is 2.09. The van der Waals surface area contributed by atoms with Crippen LogP contribution in [0.25, 0.3) is 0 Å². The Morgan fingerprint density at radius 1 is 1.39 bits per heavy atom. The summed E-state index contributed by atoms with van der Waals surface area (Å²) in [6.45, 7) is 7.90. The van der Waals surface area contributed by atoms with E-state index in [4.69, 9.17) is 14.5 Å². The van der Waals surface area contributed by atoms with Crippen LogP contribution in [0.5, 0.6) is 11.5 Å². The number of nitrogens with one attached hydrogen (secondary N) is 2. The number of hydrogen-bond acceptors (Lipinski definition) is 4. The molecule has 0 spiro atoms. The molecule has 1 fully saturated rings. The Kier molecular flexibility index (Phi) is 7.01. The third kappa shape index (κ3) is 5.09. The molecule has 0 aliphatic carbocycles. The first-order valence-electron chi connectivity index (χ1n) is 10.3. The molecule has 3 rings (SSSR count). The zero-order valence-corrected chi connectivity index (χ0v) is 17.2. The van der Waals surface area contributed by atoms with E-state index in [1.165, 1.54) is 5.56 Å². The van der Waals surface area contributed by atoms with Crippen LogP contribution in [0.3, 0.4) is 0 Å². The number of nitrogens with zero attached hydrogens (tertiary/aromatic N) is 2. The van der Waals surface area contributed by atoms with Crippen LogP contribution in [0.15, 0.2) is 17.1 Å². The maximum atomic E-state index is 11.7. The van der Waals surface area contributed by atoms with Crippen molar-refractivity contribution in [2.75, 3.05) is 33.3 Å². The lowest BCUT2D eigenvalue weighted by atomic mass is 10.1. The second-order valence-electron chi connectivity index (χ2n) is 7.36. The molecule has 1 aromatic rings. The summed E-state index contributed by atoms with van der Waals surface area (Å²) in [7, 11) is 1.69. The largest absolute Gasteiger partial charge is 0.496 e. The molecule has 2 aliphatic heterocycles. The molecule has 1 aromatic carbocycles. The molecule has 1 unspecified atom stereocenters. The number of methoxy groups -OCH3 is 1. The van der Waals surface area contributed by atoms with Crippen molar-refractivity contribution < 1.29 is 14.3 Å². The van der Waals surface area contributed by atoms with Gasteiger partial charge in [-0.2, -0.15) is 0 Å². The van der Waals surface area contributed by atoms with Crippen LogP contribution in [-0.4, -0.2) is 56.2 Å². The molecule has 28 heavy (non-hydrogen) atoms. The summed E-state index contributed by atoms with van der Waals surface area (Å²) in [5.41, 5.74) is 2.20. The first kappa shape index (κ1) is 20.3. The van der Waals surface area contributed by atoms with Gasteiger partial charge in [0.25, 0.3) is 0 Å². The number of guanidine groups is 1. The predicted molar refractivity (Wildman–Crippen MR) is 110 cm³/mol. The molecule has 2 aliphatic rings. The molecule has 0 bridgehead atoms. The molecule has 0 saturated carbocycles. The quantitative estimate of drug-likeness (QED) is 0.405. The summed E-state index contributed by atoms with van der Waals surface area (Å²) in [6, 6.07) is 4.11. The molecule has 7 heteroatoms. The van der Waals surface area contributed by atoms with E-state index in [2.05, 4.69) is 23.6 Å². The molecule has 1 amide bonds. The highest BCUT2D eigenvalue weighted by atomic mass is 16.5. The van der Waals surface area contributed by atoms with E-state index in [1.807, 2.05) is 17.9 Å². The Labute approximate surface area is 167 Å². The van der Waals surface area contributed by atoms with Gasteiger partial charge in [0, 0.05) is 50.1 Å². The second-order valence-corrected chi connectivity index (χ2v) is 7.36. The number of amides is 1. The molecule has 2 N–H and O–H groups in total. The van der Waals surface area contributed by atoms with Crippen LogP contribution in [0.1, 0.15) is 44.2 Å². The van der Waals surface area contributed by atoms with Gasteiger partial charge in [0.1, 0.15) is 17.6 Å². The first-order chi connectivity index (χ1) is 13.6. The smallest absolute Gasteiger partial charge is 0.222 e. The van der Waals surface area contributed by atoms with Gasteiger partial charge in [0.05, 0.1) is 13.7 Å². The topological polar surface area (TPSA) is 75.2 Å². The zero-order chi connectivity index (χ0) is 19.9. The first-order valence-corrected chi connectivity index (χ1v) is 10.3. The highest BCUT2D eigenvalue weighted by molar-refractivity contribution is 5.80. The Bertz CT molecular complexity index is 720. The van der Waals surface area contributed by atoms with Crippen LogP contribution < -0.4 is 20.1 Å². The van der Waals surface area contributed by atoms with Crippen molar-refractivity contribution in [2.45, 2.75) is 52.2 Å². The van der Waals surface area contributed by atoms with E-state index in [9.17, 15) is 4.79 Å². The van der Waals surface area contributed by atoms with E-state index < -0.39 is 0 Å². The van der Waals surface area contributed by atoms with Gasteiger partial charge >= 0.3 is 0 Å². The van der Waals surface area contributed by atoms with E-state index in [0.717, 1.165) is 68.5 Å². The minimum atomic E-state index is 0.208. The van der Waals surface area contributed by atoms with E-state index in [1.54, 1.807) is 7.11 Å². The fourth-order valence-electron chi connectivity index (χ4n) is 3.72. The highest BCUT2D eigenvalue weighted by Gasteiger charge is 2.22. The maximum absolute atomic E-state index is 11.7. The summed E-state index contributed by atoms with van der Waals surface area (Å²) < 4.78 is 11.4. The lowest BCUT2D eigenvalue weighted by Gasteiger charge is -2.16. The fraction of sp³-hybridized carbons (Fsp3) is 0.619. The van der Waals surface area contributed by atoms with Gasteiger partial charge < -0.3 is 25.0 Å². The Morgan fingerprint density at radius 2 is 2.25 bits per heavy atom.